The number of aryl methyl sites for hydroxylation is 1. The van der Waals surface area contributed by atoms with E-state index in [0.29, 0.717) is 6.54 Å². The Morgan fingerprint density at radius 1 is 1.08 bits per heavy atom. The monoisotopic (exact) mass is 318 g/mol. The molecular weight excluding hydrogens is 300 g/mol. The number of rotatable bonds is 4. The van der Waals surface area contributed by atoms with Gasteiger partial charge >= 0.3 is 0 Å². The molecule has 0 aliphatic rings. The molecule has 2 aromatic carbocycles. The predicted molar refractivity (Wildman–Crippen MR) is 95.6 cm³/mol. The van der Waals surface area contributed by atoms with Crippen LogP contribution in [-0.2, 0) is 6.54 Å². The molecule has 5 heteroatoms. The summed E-state index contributed by atoms with van der Waals surface area (Å²) < 4.78 is 7.12. The molecule has 5 nitrogen and oxygen atoms in total. The molecule has 1 N–H and O–H groups in total. The Morgan fingerprint density at radius 3 is 2.79 bits per heavy atom. The predicted octanol–water partition coefficient (Wildman–Crippen LogP) is 3.81. The van der Waals surface area contributed by atoms with E-state index in [1.807, 2.05) is 35.8 Å². The van der Waals surface area contributed by atoms with Gasteiger partial charge in [0.1, 0.15) is 11.3 Å². The van der Waals surface area contributed by atoms with Crippen molar-refractivity contribution < 1.29 is 4.74 Å². The Morgan fingerprint density at radius 2 is 1.92 bits per heavy atom. The summed E-state index contributed by atoms with van der Waals surface area (Å²) in [6, 6.07) is 14.6. The zero-order chi connectivity index (χ0) is 16.5. The molecule has 0 bridgehead atoms. The van der Waals surface area contributed by atoms with E-state index in [-0.39, 0.29) is 0 Å². The number of hydrogen-bond donors (Lipinski definition) is 1. The minimum Gasteiger partial charge on any atom is -0.497 e. The Hall–Kier alpha value is -3.08. The van der Waals surface area contributed by atoms with Gasteiger partial charge in [0.05, 0.1) is 12.8 Å². The van der Waals surface area contributed by atoms with Gasteiger partial charge in [-0.15, -0.1) is 0 Å². The average Bonchev–Trinajstić information content (AvgIpc) is 3.00. The average molecular weight is 318 g/mol. The lowest BCUT2D eigenvalue weighted by molar-refractivity contribution is 0.415. The summed E-state index contributed by atoms with van der Waals surface area (Å²) in [5, 5.41) is 10.2. The van der Waals surface area contributed by atoms with Crippen molar-refractivity contribution in [3.63, 3.8) is 0 Å². The maximum atomic E-state index is 5.27. The lowest BCUT2D eigenvalue weighted by Gasteiger charge is -2.09. The van der Waals surface area contributed by atoms with Crippen LogP contribution in [0.5, 0.6) is 5.75 Å². The molecule has 120 valence electrons. The normalized spacial score (nSPS) is 11.1. The van der Waals surface area contributed by atoms with Crippen molar-refractivity contribution in [3.8, 4) is 5.75 Å². The first-order valence-corrected chi connectivity index (χ1v) is 7.84. The van der Waals surface area contributed by atoms with Crippen LogP contribution in [-0.4, -0.2) is 21.7 Å². The van der Waals surface area contributed by atoms with Crippen molar-refractivity contribution in [1.82, 2.24) is 14.6 Å². The Balaban J connectivity index is 1.59. The summed E-state index contributed by atoms with van der Waals surface area (Å²) in [6.07, 6.45) is 3.62. The number of fused-ring (bicyclic) bond motifs is 2. The molecular formula is C19H18N4O. The molecule has 2 heterocycles. The van der Waals surface area contributed by atoms with Crippen molar-refractivity contribution in [2.45, 2.75) is 13.5 Å². The van der Waals surface area contributed by atoms with E-state index >= 15 is 0 Å². The number of benzene rings is 2. The first-order valence-electron chi connectivity index (χ1n) is 7.84. The number of hydrogen-bond acceptors (Lipinski definition) is 4. The molecule has 0 amide bonds. The van der Waals surface area contributed by atoms with Crippen LogP contribution in [0.2, 0.25) is 0 Å². The summed E-state index contributed by atoms with van der Waals surface area (Å²) in [4.78, 5) is 4.43. The molecule has 24 heavy (non-hydrogen) atoms. The second-order valence-corrected chi connectivity index (χ2v) is 5.79. The van der Waals surface area contributed by atoms with Crippen LogP contribution < -0.4 is 10.1 Å². The first-order chi connectivity index (χ1) is 11.7. The van der Waals surface area contributed by atoms with E-state index in [0.717, 1.165) is 22.8 Å². The fourth-order valence-electron chi connectivity index (χ4n) is 2.88. The molecule has 0 unspecified atom stereocenters. The minimum absolute atomic E-state index is 0.707. The van der Waals surface area contributed by atoms with Gasteiger partial charge in [0.25, 0.3) is 0 Å². The Labute approximate surface area is 139 Å². The minimum atomic E-state index is 0.707. The van der Waals surface area contributed by atoms with E-state index in [1.165, 1.54) is 16.3 Å². The third kappa shape index (κ3) is 2.65. The molecule has 0 saturated carbocycles. The standard InChI is InChI=1S/C19H18N4O/c1-13-9-18-19(20-7-8-23(18)22-13)21-12-14-3-4-16-11-17(24-2)6-5-15(16)10-14/h3-11H,12H2,1-2H3,(H,20,21). The van der Waals surface area contributed by atoms with Gasteiger partial charge in [-0.05, 0) is 47.5 Å². The molecule has 0 fully saturated rings. The third-order valence-electron chi connectivity index (χ3n) is 4.08. The van der Waals surface area contributed by atoms with E-state index < -0.39 is 0 Å². The van der Waals surface area contributed by atoms with Crippen LogP contribution in [0.4, 0.5) is 5.82 Å². The highest BCUT2D eigenvalue weighted by Crippen LogP contribution is 2.22. The van der Waals surface area contributed by atoms with E-state index in [2.05, 4.69) is 39.7 Å². The van der Waals surface area contributed by atoms with Gasteiger partial charge in [-0.1, -0.05) is 18.2 Å². The molecule has 0 spiro atoms. The zero-order valence-electron chi connectivity index (χ0n) is 13.7. The lowest BCUT2D eigenvalue weighted by Crippen LogP contribution is -2.03. The lowest BCUT2D eigenvalue weighted by atomic mass is 10.1. The van der Waals surface area contributed by atoms with Crippen LogP contribution >= 0.6 is 0 Å². The fraction of sp³-hybridized carbons (Fsp3) is 0.158. The highest BCUT2D eigenvalue weighted by atomic mass is 16.5. The molecule has 2 aromatic heterocycles. The number of methoxy groups -OCH3 is 1. The van der Waals surface area contributed by atoms with Gasteiger partial charge in [-0.25, -0.2) is 9.50 Å². The summed E-state index contributed by atoms with van der Waals surface area (Å²) >= 11 is 0. The second-order valence-electron chi connectivity index (χ2n) is 5.79. The fourth-order valence-corrected chi connectivity index (χ4v) is 2.88. The van der Waals surface area contributed by atoms with Crippen molar-refractivity contribution in [2.24, 2.45) is 0 Å². The maximum Gasteiger partial charge on any atom is 0.152 e. The van der Waals surface area contributed by atoms with Crippen LogP contribution in [0.1, 0.15) is 11.3 Å². The second kappa shape index (κ2) is 5.85. The van der Waals surface area contributed by atoms with Gasteiger partial charge in [0.2, 0.25) is 0 Å². The van der Waals surface area contributed by atoms with E-state index in [1.54, 1.807) is 13.3 Å². The highest BCUT2D eigenvalue weighted by Gasteiger charge is 2.05. The van der Waals surface area contributed by atoms with Gasteiger partial charge < -0.3 is 10.1 Å². The molecule has 0 aliphatic heterocycles. The summed E-state index contributed by atoms with van der Waals surface area (Å²) in [5.74, 6) is 1.72. The number of aromatic nitrogens is 3. The number of anilines is 1. The van der Waals surface area contributed by atoms with Gasteiger partial charge in [0.15, 0.2) is 5.82 Å². The molecule has 4 aromatic rings. The van der Waals surface area contributed by atoms with Crippen molar-refractivity contribution in [3.05, 3.63) is 66.1 Å². The Kier molecular flexibility index (Phi) is 3.54. The van der Waals surface area contributed by atoms with Crippen molar-refractivity contribution in [1.29, 1.82) is 0 Å². The zero-order valence-corrected chi connectivity index (χ0v) is 13.7. The largest absolute Gasteiger partial charge is 0.497 e. The van der Waals surface area contributed by atoms with Crippen molar-refractivity contribution >= 4 is 22.1 Å². The Bertz CT molecular complexity index is 1020. The number of ether oxygens (including phenoxy) is 1. The first kappa shape index (κ1) is 14.5. The summed E-state index contributed by atoms with van der Waals surface area (Å²) in [6.45, 7) is 2.69. The van der Waals surface area contributed by atoms with Gasteiger partial charge in [-0.3, -0.25) is 0 Å². The molecule has 0 radical (unpaired) electrons. The van der Waals surface area contributed by atoms with Crippen LogP contribution in [0.15, 0.2) is 54.9 Å². The van der Waals surface area contributed by atoms with Crippen LogP contribution in [0.25, 0.3) is 16.3 Å². The highest BCUT2D eigenvalue weighted by molar-refractivity contribution is 5.84. The van der Waals surface area contributed by atoms with Crippen molar-refractivity contribution in [2.75, 3.05) is 12.4 Å². The third-order valence-corrected chi connectivity index (χ3v) is 4.08. The molecule has 0 saturated heterocycles. The van der Waals surface area contributed by atoms with Crippen LogP contribution in [0, 0.1) is 6.92 Å². The molecule has 4 rings (SSSR count). The maximum absolute atomic E-state index is 5.27. The smallest absolute Gasteiger partial charge is 0.152 e. The number of nitrogens with zero attached hydrogens (tertiary/aromatic N) is 3. The van der Waals surface area contributed by atoms with Gasteiger partial charge in [-0.2, -0.15) is 5.10 Å². The summed E-state index contributed by atoms with van der Waals surface area (Å²) in [5.41, 5.74) is 3.17. The SMILES string of the molecule is COc1ccc2cc(CNc3nccn4nc(C)cc34)ccc2c1. The van der Waals surface area contributed by atoms with Gasteiger partial charge in [0, 0.05) is 18.9 Å². The van der Waals surface area contributed by atoms with Crippen LogP contribution in [0.3, 0.4) is 0 Å². The van der Waals surface area contributed by atoms with E-state index in [4.69, 9.17) is 4.74 Å². The quantitative estimate of drug-likeness (QED) is 0.621. The van der Waals surface area contributed by atoms with E-state index in [9.17, 15) is 0 Å². The number of nitrogens with one attached hydrogen (secondary N) is 1. The molecule has 0 aliphatic carbocycles. The summed E-state index contributed by atoms with van der Waals surface area (Å²) in [7, 11) is 1.69. The topological polar surface area (TPSA) is 51.5 Å². The molecule has 0 atom stereocenters.